The first-order valence-corrected chi connectivity index (χ1v) is 7.67. The van der Waals surface area contributed by atoms with Gasteiger partial charge in [0.15, 0.2) is 5.78 Å². The number of benzene rings is 2. The van der Waals surface area contributed by atoms with Gasteiger partial charge in [-0.3, -0.25) is 4.79 Å². The standard InChI is InChI=1S/C18H13ClFNO3/c1-2-24-18(23)16-15(13-7-6-12(20)9-14(13)21-16)17(22)10-4-3-5-11(19)8-10/h3-9,21H,2H2,1H3. The van der Waals surface area contributed by atoms with Crippen LogP contribution >= 0.6 is 11.6 Å². The van der Waals surface area contributed by atoms with Gasteiger partial charge < -0.3 is 9.72 Å². The number of hydrogen-bond donors (Lipinski definition) is 1. The minimum Gasteiger partial charge on any atom is -0.461 e. The lowest BCUT2D eigenvalue weighted by Gasteiger charge is -2.05. The van der Waals surface area contributed by atoms with Gasteiger partial charge in [0.2, 0.25) is 0 Å². The fourth-order valence-corrected chi connectivity index (χ4v) is 2.73. The molecule has 0 saturated heterocycles. The van der Waals surface area contributed by atoms with E-state index in [1.54, 1.807) is 25.1 Å². The maximum absolute atomic E-state index is 13.5. The lowest BCUT2D eigenvalue weighted by molar-refractivity contribution is 0.0518. The van der Waals surface area contributed by atoms with Gasteiger partial charge in [0.1, 0.15) is 11.5 Å². The molecule has 1 aromatic heterocycles. The predicted octanol–water partition coefficient (Wildman–Crippen LogP) is 4.37. The molecule has 1 N–H and O–H groups in total. The molecule has 0 bridgehead atoms. The van der Waals surface area contributed by atoms with E-state index in [0.717, 1.165) is 0 Å². The second-order valence-corrected chi connectivity index (χ2v) is 5.56. The van der Waals surface area contributed by atoms with Gasteiger partial charge in [-0.1, -0.05) is 23.7 Å². The molecule has 4 nitrogen and oxygen atoms in total. The molecule has 122 valence electrons. The van der Waals surface area contributed by atoms with Crippen LogP contribution in [0.3, 0.4) is 0 Å². The molecule has 3 aromatic rings. The summed E-state index contributed by atoms with van der Waals surface area (Å²) in [6, 6.07) is 10.3. The van der Waals surface area contributed by atoms with Crippen LogP contribution in [-0.2, 0) is 4.74 Å². The lowest BCUT2D eigenvalue weighted by atomic mass is 10.00. The Morgan fingerprint density at radius 3 is 2.71 bits per heavy atom. The zero-order valence-corrected chi connectivity index (χ0v) is 13.5. The SMILES string of the molecule is CCOC(=O)c1[nH]c2cc(F)ccc2c1C(=O)c1cccc(Cl)c1. The minimum atomic E-state index is -0.667. The Hall–Kier alpha value is -2.66. The van der Waals surface area contributed by atoms with E-state index >= 15 is 0 Å². The van der Waals surface area contributed by atoms with Crippen molar-refractivity contribution in [3.63, 3.8) is 0 Å². The van der Waals surface area contributed by atoms with Crippen LogP contribution in [0.4, 0.5) is 4.39 Å². The molecule has 0 amide bonds. The van der Waals surface area contributed by atoms with Crippen molar-refractivity contribution in [2.45, 2.75) is 6.92 Å². The van der Waals surface area contributed by atoms with Crippen LogP contribution in [0.2, 0.25) is 5.02 Å². The number of esters is 1. The van der Waals surface area contributed by atoms with Gasteiger partial charge in [-0.2, -0.15) is 0 Å². The van der Waals surface area contributed by atoms with Crippen LogP contribution in [0.5, 0.6) is 0 Å². The predicted molar refractivity (Wildman–Crippen MR) is 89.1 cm³/mol. The van der Waals surface area contributed by atoms with Gasteiger partial charge in [-0.15, -0.1) is 0 Å². The number of hydrogen-bond acceptors (Lipinski definition) is 3. The van der Waals surface area contributed by atoms with E-state index in [0.29, 0.717) is 21.5 Å². The Balaban J connectivity index is 2.22. The quantitative estimate of drug-likeness (QED) is 0.564. The van der Waals surface area contributed by atoms with Crippen LogP contribution < -0.4 is 0 Å². The van der Waals surface area contributed by atoms with E-state index < -0.39 is 17.6 Å². The summed E-state index contributed by atoms with van der Waals surface area (Å²) < 4.78 is 18.5. The molecule has 24 heavy (non-hydrogen) atoms. The zero-order valence-electron chi connectivity index (χ0n) is 12.7. The van der Waals surface area contributed by atoms with Crippen LogP contribution in [-0.4, -0.2) is 23.3 Å². The first-order valence-electron chi connectivity index (χ1n) is 7.30. The van der Waals surface area contributed by atoms with E-state index in [2.05, 4.69) is 4.98 Å². The topological polar surface area (TPSA) is 59.2 Å². The Bertz CT molecular complexity index is 949. The number of aromatic amines is 1. The van der Waals surface area contributed by atoms with Gasteiger partial charge in [-0.25, -0.2) is 9.18 Å². The number of carbonyl (C=O) groups is 2. The third kappa shape index (κ3) is 2.90. The largest absolute Gasteiger partial charge is 0.461 e. The third-order valence-corrected chi connectivity index (χ3v) is 3.79. The molecule has 0 fully saturated rings. The molecule has 0 saturated carbocycles. The summed E-state index contributed by atoms with van der Waals surface area (Å²) in [7, 11) is 0. The molecule has 1 heterocycles. The number of fused-ring (bicyclic) bond motifs is 1. The van der Waals surface area contributed by atoms with E-state index in [1.807, 2.05) is 0 Å². The summed E-state index contributed by atoms with van der Waals surface area (Å²) in [5, 5.41) is 0.855. The van der Waals surface area contributed by atoms with Gasteiger partial charge in [0, 0.05) is 21.5 Å². The lowest BCUT2D eigenvalue weighted by Crippen LogP contribution is -2.12. The van der Waals surface area contributed by atoms with Gasteiger partial charge in [0.05, 0.1) is 12.2 Å². The fraction of sp³-hybridized carbons (Fsp3) is 0.111. The van der Waals surface area contributed by atoms with Crippen molar-refractivity contribution in [2.75, 3.05) is 6.61 Å². The van der Waals surface area contributed by atoms with Crippen molar-refractivity contribution in [3.8, 4) is 0 Å². The number of ketones is 1. The normalized spacial score (nSPS) is 10.8. The number of rotatable bonds is 4. The summed E-state index contributed by atoms with van der Waals surface area (Å²) in [4.78, 5) is 27.9. The van der Waals surface area contributed by atoms with Crippen molar-refractivity contribution >= 4 is 34.3 Å². The molecule has 0 radical (unpaired) electrons. The van der Waals surface area contributed by atoms with Crippen molar-refractivity contribution in [3.05, 3.63) is 70.1 Å². The van der Waals surface area contributed by atoms with Gasteiger partial charge >= 0.3 is 5.97 Å². The average molecular weight is 346 g/mol. The average Bonchev–Trinajstić information content (AvgIpc) is 2.93. The van der Waals surface area contributed by atoms with Gasteiger partial charge in [-0.05, 0) is 37.3 Å². The third-order valence-electron chi connectivity index (χ3n) is 3.55. The monoisotopic (exact) mass is 345 g/mol. The molecule has 0 atom stereocenters. The van der Waals surface area contributed by atoms with Gasteiger partial charge in [0.25, 0.3) is 0 Å². The van der Waals surface area contributed by atoms with Crippen molar-refractivity contribution in [1.29, 1.82) is 0 Å². The summed E-state index contributed by atoms with van der Waals surface area (Å²) in [5.41, 5.74) is 0.829. The number of nitrogens with one attached hydrogen (secondary N) is 1. The number of H-pyrrole nitrogens is 1. The molecule has 2 aromatic carbocycles. The van der Waals surface area contributed by atoms with Crippen molar-refractivity contribution < 1.29 is 18.7 Å². The Kier molecular flexibility index (Phi) is 4.36. The van der Waals surface area contributed by atoms with Crippen molar-refractivity contribution in [2.24, 2.45) is 0 Å². The second kappa shape index (κ2) is 6.45. The highest BCUT2D eigenvalue weighted by molar-refractivity contribution is 6.31. The summed E-state index contributed by atoms with van der Waals surface area (Å²) in [6.45, 7) is 1.83. The molecule has 0 aliphatic carbocycles. The van der Waals surface area contributed by atoms with Crippen LogP contribution in [0.25, 0.3) is 10.9 Å². The molecule has 0 aliphatic rings. The first kappa shape index (κ1) is 16.2. The van der Waals surface area contributed by atoms with Crippen LogP contribution in [0.1, 0.15) is 33.3 Å². The second-order valence-electron chi connectivity index (χ2n) is 5.12. The maximum atomic E-state index is 13.5. The van der Waals surface area contributed by atoms with Crippen LogP contribution in [0, 0.1) is 5.82 Å². The first-order chi connectivity index (χ1) is 11.5. The Morgan fingerprint density at radius 2 is 2.00 bits per heavy atom. The molecular formula is C18H13ClFNO3. The number of carbonyl (C=O) groups excluding carboxylic acids is 2. The minimum absolute atomic E-state index is 0.00225. The molecule has 3 rings (SSSR count). The number of ether oxygens (including phenoxy) is 1. The summed E-state index contributed by atoms with van der Waals surface area (Å²) in [6.07, 6.45) is 0. The molecule has 6 heteroatoms. The van der Waals surface area contributed by atoms with Crippen LogP contribution in [0.15, 0.2) is 42.5 Å². The smallest absolute Gasteiger partial charge is 0.355 e. The Labute approximate surface area is 142 Å². The number of aromatic nitrogens is 1. The van der Waals surface area contributed by atoms with E-state index in [4.69, 9.17) is 16.3 Å². The Morgan fingerprint density at radius 1 is 1.21 bits per heavy atom. The summed E-state index contributed by atoms with van der Waals surface area (Å²) >= 11 is 5.94. The molecular weight excluding hydrogens is 333 g/mol. The molecule has 0 spiro atoms. The highest BCUT2D eigenvalue weighted by atomic mass is 35.5. The highest BCUT2D eigenvalue weighted by Crippen LogP contribution is 2.27. The van der Waals surface area contributed by atoms with E-state index in [1.165, 1.54) is 24.3 Å². The highest BCUT2D eigenvalue weighted by Gasteiger charge is 2.25. The fourth-order valence-electron chi connectivity index (χ4n) is 2.54. The van der Waals surface area contributed by atoms with E-state index in [9.17, 15) is 14.0 Å². The maximum Gasteiger partial charge on any atom is 0.355 e. The molecule has 0 aliphatic heterocycles. The summed E-state index contributed by atoms with van der Waals surface area (Å²) in [5.74, 6) is -1.53. The molecule has 0 unspecified atom stereocenters. The number of halogens is 2. The van der Waals surface area contributed by atoms with E-state index in [-0.39, 0.29) is 17.9 Å². The van der Waals surface area contributed by atoms with Crippen molar-refractivity contribution in [1.82, 2.24) is 4.98 Å². The zero-order chi connectivity index (χ0) is 17.3.